The highest BCUT2D eigenvalue weighted by Gasteiger charge is 2.03. The Morgan fingerprint density at radius 2 is 1.89 bits per heavy atom. The van der Waals surface area contributed by atoms with Gasteiger partial charge in [-0.3, -0.25) is 0 Å². The molecule has 1 N–H and O–H groups in total. The lowest BCUT2D eigenvalue weighted by molar-refractivity contribution is 0.0693. The molecular formula is C14H22FNO2. The SMILES string of the molecule is COCCOCCCN[C@@H](C)c1ccc(F)cc1. The number of rotatable bonds is 9. The fourth-order valence-electron chi connectivity index (χ4n) is 1.61. The van der Waals surface area contributed by atoms with E-state index >= 15 is 0 Å². The van der Waals surface area contributed by atoms with Crippen LogP contribution in [-0.2, 0) is 9.47 Å². The van der Waals surface area contributed by atoms with Gasteiger partial charge < -0.3 is 14.8 Å². The van der Waals surface area contributed by atoms with Gasteiger partial charge in [0.05, 0.1) is 13.2 Å². The lowest BCUT2D eigenvalue weighted by atomic mass is 10.1. The molecule has 0 aliphatic rings. The van der Waals surface area contributed by atoms with Gasteiger partial charge in [0.1, 0.15) is 5.82 Å². The molecule has 1 aromatic rings. The normalized spacial score (nSPS) is 12.6. The molecule has 0 amide bonds. The standard InChI is InChI=1S/C14H22FNO2/c1-12(13-4-6-14(15)7-5-13)16-8-3-9-18-11-10-17-2/h4-7,12,16H,3,8-11H2,1-2H3/t12-/m0/s1. The quantitative estimate of drug-likeness (QED) is 0.688. The highest BCUT2D eigenvalue weighted by molar-refractivity contribution is 5.19. The molecule has 0 aliphatic carbocycles. The van der Waals surface area contributed by atoms with Crippen LogP contribution in [0.3, 0.4) is 0 Å². The smallest absolute Gasteiger partial charge is 0.123 e. The van der Waals surface area contributed by atoms with E-state index in [-0.39, 0.29) is 11.9 Å². The van der Waals surface area contributed by atoms with E-state index in [0.29, 0.717) is 13.2 Å². The molecule has 102 valence electrons. The maximum Gasteiger partial charge on any atom is 0.123 e. The summed E-state index contributed by atoms with van der Waals surface area (Å²) in [4.78, 5) is 0. The zero-order chi connectivity index (χ0) is 13.2. The molecule has 0 radical (unpaired) electrons. The van der Waals surface area contributed by atoms with Crippen molar-refractivity contribution in [2.24, 2.45) is 0 Å². The van der Waals surface area contributed by atoms with Crippen LogP contribution in [0.5, 0.6) is 0 Å². The summed E-state index contributed by atoms with van der Waals surface area (Å²) in [5.74, 6) is -0.197. The van der Waals surface area contributed by atoms with E-state index in [4.69, 9.17) is 9.47 Å². The van der Waals surface area contributed by atoms with E-state index in [2.05, 4.69) is 12.2 Å². The topological polar surface area (TPSA) is 30.5 Å². The van der Waals surface area contributed by atoms with Gasteiger partial charge >= 0.3 is 0 Å². The summed E-state index contributed by atoms with van der Waals surface area (Å²) in [5.41, 5.74) is 1.09. The number of nitrogens with one attached hydrogen (secondary N) is 1. The minimum absolute atomic E-state index is 0.197. The number of hydrogen-bond acceptors (Lipinski definition) is 3. The summed E-state index contributed by atoms with van der Waals surface area (Å²) in [6, 6.07) is 6.82. The van der Waals surface area contributed by atoms with Crippen LogP contribution in [-0.4, -0.2) is 33.5 Å². The molecule has 1 aromatic carbocycles. The molecule has 1 atom stereocenters. The van der Waals surface area contributed by atoms with Crippen molar-refractivity contribution in [3.05, 3.63) is 35.6 Å². The summed E-state index contributed by atoms with van der Waals surface area (Å²) >= 11 is 0. The minimum Gasteiger partial charge on any atom is -0.382 e. The Morgan fingerprint density at radius 1 is 1.17 bits per heavy atom. The summed E-state index contributed by atoms with van der Waals surface area (Å²) in [6.45, 7) is 4.96. The van der Waals surface area contributed by atoms with Gasteiger partial charge in [-0.25, -0.2) is 4.39 Å². The van der Waals surface area contributed by atoms with Crippen molar-refractivity contribution >= 4 is 0 Å². The molecule has 1 rings (SSSR count). The van der Waals surface area contributed by atoms with Gasteiger partial charge in [0, 0.05) is 19.8 Å². The average Bonchev–Trinajstić information content (AvgIpc) is 2.38. The van der Waals surface area contributed by atoms with Gasteiger partial charge in [-0.15, -0.1) is 0 Å². The second-order valence-corrected chi connectivity index (χ2v) is 4.19. The third-order valence-corrected chi connectivity index (χ3v) is 2.72. The van der Waals surface area contributed by atoms with E-state index in [1.165, 1.54) is 12.1 Å². The third kappa shape index (κ3) is 6.10. The Kier molecular flexibility index (Phi) is 7.57. The van der Waals surface area contributed by atoms with E-state index in [1.807, 2.05) is 12.1 Å². The van der Waals surface area contributed by atoms with Gasteiger partial charge in [-0.05, 0) is 37.6 Å². The zero-order valence-corrected chi connectivity index (χ0v) is 11.1. The molecule has 3 nitrogen and oxygen atoms in total. The van der Waals surface area contributed by atoms with Crippen molar-refractivity contribution in [2.75, 3.05) is 33.5 Å². The first kappa shape index (κ1) is 15.1. The molecule has 0 unspecified atom stereocenters. The molecule has 0 spiro atoms. The molecule has 0 saturated carbocycles. The highest BCUT2D eigenvalue weighted by atomic mass is 19.1. The summed E-state index contributed by atoms with van der Waals surface area (Å²) < 4.78 is 23.0. The third-order valence-electron chi connectivity index (χ3n) is 2.72. The molecule has 0 fully saturated rings. The Labute approximate surface area is 108 Å². The van der Waals surface area contributed by atoms with Crippen molar-refractivity contribution in [2.45, 2.75) is 19.4 Å². The van der Waals surface area contributed by atoms with Gasteiger partial charge in [-0.2, -0.15) is 0 Å². The van der Waals surface area contributed by atoms with E-state index in [0.717, 1.165) is 25.1 Å². The first-order valence-electron chi connectivity index (χ1n) is 6.29. The van der Waals surface area contributed by atoms with Crippen LogP contribution in [0.2, 0.25) is 0 Å². The van der Waals surface area contributed by atoms with Crippen LogP contribution in [0.4, 0.5) is 4.39 Å². The molecule has 0 aromatic heterocycles. The van der Waals surface area contributed by atoms with Crippen LogP contribution < -0.4 is 5.32 Å². The summed E-state index contributed by atoms with van der Waals surface area (Å²) in [7, 11) is 1.66. The van der Waals surface area contributed by atoms with E-state index in [1.54, 1.807) is 7.11 Å². The van der Waals surface area contributed by atoms with Crippen molar-refractivity contribution in [1.29, 1.82) is 0 Å². The van der Waals surface area contributed by atoms with Crippen LogP contribution >= 0.6 is 0 Å². The highest BCUT2D eigenvalue weighted by Crippen LogP contribution is 2.12. The Bertz CT molecular complexity index is 316. The fraction of sp³-hybridized carbons (Fsp3) is 0.571. The van der Waals surface area contributed by atoms with E-state index in [9.17, 15) is 4.39 Å². The maximum absolute atomic E-state index is 12.8. The molecule has 4 heteroatoms. The summed E-state index contributed by atoms with van der Waals surface area (Å²) in [5, 5.41) is 3.38. The van der Waals surface area contributed by atoms with Gasteiger partial charge in [0.15, 0.2) is 0 Å². The first-order valence-corrected chi connectivity index (χ1v) is 6.29. The van der Waals surface area contributed by atoms with Gasteiger partial charge in [0.2, 0.25) is 0 Å². The van der Waals surface area contributed by atoms with Crippen LogP contribution in [0, 0.1) is 5.82 Å². The molecule has 0 bridgehead atoms. The average molecular weight is 255 g/mol. The Balaban J connectivity index is 2.10. The monoisotopic (exact) mass is 255 g/mol. The second-order valence-electron chi connectivity index (χ2n) is 4.19. The van der Waals surface area contributed by atoms with Gasteiger partial charge in [0.25, 0.3) is 0 Å². The molecule has 18 heavy (non-hydrogen) atoms. The number of halogens is 1. The zero-order valence-electron chi connectivity index (χ0n) is 11.1. The van der Waals surface area contributed by atoms with Crippen LogP contribution in [0.25, 0.3) is 0 Å². The molecular weight excluding hydrogens is 233 g/mol. The number of benzene rings is 1. The number of hydrogen-bond donors (Lipinski definition) is 1. The first-order chi connectivity index (χ1) is 8.74. The lowest BCUT2D eigenvalue weighted by Crippen LogP contribution is -2.21. The van der Waals surface area contributed by atoms with Crippen LogP contribution in [0.1, 0.15) is 24.9 Å². The maximum atomic E-state index is 12.8. The Hall–Kier alpha value is -0.970. The predicted molar refractivity (Wildman–Crippen MR) is 70.1 cm³/mol. The van der Waals surface area contributed by atoms with Crippen molar-refractivity contribution in [3.63, 3.8) is 0 Å². The van der Waals surface area contributed by atoms with Crippen molar-refractivity contribution in [1.82, 2.24) is 5.32 Å². The Morgan fingerprint density at radius 3 is 2.56 bits per heavy atom. The van der Waals surface area contributed by atoms with Crippen LogP contribution in [0.15, 0.2) is 24.3 Å². The predicted octanol–water partition coefficient (Wildman–Crippen LogP) is 2.53. The molecule has 0 aliphatic heterocycles. The molecule has 0 heterocycles. The van der Waals surface area contributed by atoms with Gasteiger partial charge in [-0.1, -0.05) is 12.1 Å². The number of methoxy groups -OCH3 is 1. The van der Waals surface area contributed by atoms with E-state index < -0.39 is 0 Å². The lowest BCUT2D eigenvalue weighted by Gasteiger charge is -2.14. The fourth-order valence-corrected chi connectivity index (χ4v) is 1.61. The summed E-state index contributed by atoms with van der Waals surface area (Å²) in [6.07, 6.45) is 0.954. The second kappa shape index (κ2) is 9.03. The largest absolute Gasteiger partial charge is 0.382 e. The van der Waals surface area contributed by atoms with Crippen molar-refractivity contribution in [3.8, 4) is 0 Å². The number of ether oxygens (including phenoxy) is 2. The van der Waals surface area contributed by atoms with Crippen molar-refractivity contribution < 1.29 is 13.9 Å². The molecule has 0 saturated heterocycles. The minimum atomic E-state index is -0.197.